The number of piperidine rings is 1. The van der Waals surface area contributed by atoms with Gasteiger partial charge in [0.15, 0.2) is 0 Å². The average Bonchev–Trinajstić information content (AvgIpc) is 3.26. The number of hydrogen-bond acceptors (Lipinski definition) is 6. The molecule has 9 nitrogen and oxygen atoms in total. The fourth-order valence-electron chi connectivity index (χ4n) is 6.24. The number of nitrogens with zero attached hydrogens (tertiary/aromatic N) is 3. The summed E-state index contributed by atoms with van der Waals surface area (Å²) in [5.74, 6) is 1.03. The van der Waals surface area contributed by atoms with Crippen molar-refractivity contribution in [2.75, 3.05) is 26.2 Å². The number of benzene rings is 1. The van der Waals surface area contributed by atoms with E-state index in [0.717, 1.165) is 36.3 Å². The summed E-state index contributed by atoms with van der Waals surface area (Å²) >= 11 is 0. The summed E-state index contributed by atoms with van der Waals surface area (Å²) in [6.45, 7) is 10.6. The van der Waals surface area contributed by atoms with Crippen LogP contribution in [0.3, 0.4) is 0 Å². The molecule has 10 heteroatoms. The van der Waals surface area contributed by atoms with E-state index in [9.17, 15) is 18.0 Å². The third-order valence-corrected chi connectivity index (χ3v) is 10.3. The van der Waals surface area contributed by atoms with Gasteiger partial charge in [-0.2, -0.15) is 4.31 Å². The van der Waals surface area contributed by atoms with Gasteiger partial charge in [0.25, 0.3) is 5.91 Å². The van der Waals surface area contributed by atoms with Crippen LogP contribution in [-0.2, 0) is 26.0 Å². The number of carbonyl (C=O) groups excluding carboxylic acids is 2. The molecule has 2 amide bonds. The summed E-state index contributed by atoms with van der Waals surface area (Å²) in [7, 11) is -3.63. The molecule has 0 radical (unpaired) electrons. The van der Waals surface area contributed by atoms with Gasteiger partial charge in [0.2, 0.25) is 15.9 Å². The van der Waals surface area contributed by atoms with Crippen LogP contribution in [0.1, 0.15) is 83.8 Å². The fourth-order valence-corrected chi connectivity index (χ4v) is 7.44. The van der Waals surface area contributed by atoms with Crippen molar-refractivity contribution in [3.05, 3.63) is 40.8 Å². The van der Waals surface area contributed by atoms with E-state index in [2.05, 4.69) is 43.2 Å². The maximum Gasteiger partial charge on any atom is 0.253 e. The van der Waals surface area contributed by atoms with E-state index in [-0.39, 0.29) is 31.3 Å². The Balaban J connectivity index is 1.26. The number of nitrogens with one attached hydrogen (secondary N) is 2. The predicted octanol–water partition coefficient (Wildman–Crippen LogP) is 3.71. The van der Waals surface area contributed by atoms with Crippen molar-refractivity contribution < 1.29 is 18.0 Å². The van der Waals surface area contributed by atoms with Crippen LogP contribution >= 0.6 is 0 Å². The molecule has 0 unspecified atom stereocenters. The lowest BCUT2D eigenvalue weighted by atomic mass is 9.88. The molecule has 3 aliphatic rings. The summed E-state index contributed by atoms with van der Waals surface area (Å²) in [6.07, 6.45) is 8.34. The number of hydrogen-bond donors (Lipinski definition) is 2. The zero-order valence-electron chi connectivity index (χ0n) is 25.1. The smallest absolute Gasteiger partial charge is 0.253 e. The lowest BCUT2D eigenvalue weighted by Crippen LogP contribution is -2.50. The summed E-state index contributed by atoms with van der Waals surface area (Å²) in [5.41, 5.74) is 0.788. The van der Waals surface area contributed by atoms with Crippen molar-refractivity contribution in [2.24, 2.45) is 10.9 Å². The highest BCUT2D eigenvalue weighted by Crippen LogP contribution is 2.35. The SMILES string of the molecule is CC(C)N(CCNC(=O)Cc1ccc(C=CS(=O)(=O)N2CCC3(CC2)N=C(C2CCCCC2)NC3=O)cc1)C(C)C. The van der Waals surface area contributed by atoms with E-state index in [1.54, 1.807) is 6.08 Å². The predicted molar refractivity (Wildman–Crippen MR) is 164 cm³/mol. The van der Waals surface area contributed by atoms with Gasteiger partial charge in [0, 0.05) is 49.6 Å². The molecular formula is C31H47N5O4S. The standard InChI is InChI=1S/C31H47N5O4S/c1-23(2)36(24(3)4)20-17-32-28(37)22-26-12-10-25(11-13-26)14-21-41(39,40)35-18-15-31(16-19-35)30(38)33-29(34-31)27-8-6-5-7-9-27/h10-14,21,23-24,27H,5-9,15-20,22H2,1-4H3,(H,32,37)(H,33,34,38). The Morgan fingerprint density at radius 2 is 1.73 bits per heavy atom. The van der Waals surface area contributed by atoms with Crippen molar-refractivity contribution in [1.29, 1.82) is 0 Å². The summed E-state index contributed by atoms with van der Waals surface area (Å²) in [4.78, 5) is 32.4. The van der Waals surface area contributed by atoms with E-state index in [1.165, 1.54) is 29.0 Å². The minimum atomic E-state index is -3.63. The number of amidine groups is 1. The van der Waals surface area contributed by atoms with Gasteiger partial charge in [-0.25, -0.2) is 8.42 Å². The molecular weight excluding hydrogens is 538 g/mol. The largest absolute Gasteiger partial charge is 0.355 e. The van der Waals surface area contributed by atoms with Gasteiger partial charge in [-0.1, -0.05) is 43.5 Å². The molecule has 0 aromatic heterocycles. The van der Waals surface area contributed by atoms with Gasteiger partial charge >= 0.3 is 0 Å². The van der Waals surface area contributed by atoms with Crippen LogP contribution < -0.4 is 10.6 Å². The molecule has 2 fully saturated rings. The van der Waals surface area contributed by atoms with Crippen LogP contribution in [0.15, 0.2) is 34.7 Å². The topological polar surface area (TPSA) is 111 Å². The lowest BCUT2D eigenvalue weighted by Gasteiger charge is -2.34. The minimum Gasteiger partial charge on any atom is -0.355 e. The number of carbonyl (C=O) groups is 2. The van der Waals surface area contributed by atoms with Crippen molar-refractivity contribution >= 4 is 33.7 Å². The van der Waals surface area contributed by atoms with Gasteiger partial charge in [-0.05, 0) is 70.6 Å². The van der Waals surface area contributed by atoms with Gasteiger partial charge in [-0.3, -0.25) is 19.5 Å². The van der Waals surface area contributed by atoms with E-state index in [1.807, 2.05) is 24.3 Å². The highest BCUT2D eigenvalue weighted by molar-refractivity contribution is 7.92. The molecule has 0 bridgehead atoms. The van der Waals surface area contributed by atoms with Crippen LogP contribution in [0.2, 0.25) is 0 Å². The van der Waals surface area contributed by atoms with Crippen molar-refractivity contribution in [3.63, 3.8) is 0 Å². The Labute approximate surface area is 245 Å². The van der Waals surface area contributed by atoms with E-state index >= 15 is 0 Å². The molecule has 41 heavy (non-hydrogen) atoms. The van der Waals surface area contributed by atoms with Crippen LogP contribution in [-0.4, -0.2) is 79.1 Å². The molecule has 226 valence electrons. The summed E-state index contributed by atoms with van der Waals surface area (Å²) in [6, 6.07) is 8.19. The second-order valence-corrected chi connectivity index (χ2v) is 14.1. The van der Waals surface area contributed by atoms with Crippen LogP contribution in [0, 0.1) is 5.92 Å². The van der Waals surface area contributed by atoms with Gasteiger partial charge in [0.1, 0.15) is 11.4 Å². The van der Waals surface area contributed by atoms with E-state index < -0.39 is 15.6 Å². The monoisotopic (exact) mass is 585 g/mol. The Bertz CT molecular complexity index is 1220. The maximum absolute atomic E-state index is 13.0. The number of sulfonamides is 1. The molecule has 2 heterocycles. The highest BCUT2D eigenvalue weighted by atomic mass is 32.2. The number of amides is 2. The lowest BCUT2D eigenvalue weighted by molar-refractivity contribution is -0.125. The van der Waals surface area contributed by atoms with Gasteiger partial charge in [0.05, 0.1) is 6.42 Å². The Morgan fingerprint density at radius 3 is 2.34 bits per heavy atom. The van der Waals surface area contributed by atoms with E-state index in [0.29, 0.717) is 37.4 Å². The molecule has 1 aromatic rings. The first-order valence-electron chi connectivity index (χ1n) is 15.2. The normalized spacial score (nSPS) is 20.4. The third-order valence-electron chi connectivity index (χ3n) is 8.70. The van der Waals surface area contributed by atoms with Crippen LogP contribution in [0.4, 0.5) is 0 Å². The van der Waals surface area contributed by atoms with Crippen molar-refractivity contribution in [3.8, 4) is 0 Å². The second kappa shape index (κ2) is 13.6. The molecule has 1 saturated carbocycles. The van der Waals surface area contributed by atoms with Crippen molar-refractivity contribution in [1.82, 2.24) is 19.8 Å². The molecule has 4 rings (SSSR count). The fraction of sp³-hybridized carbons (Fsp3) is 0.645. The van der Waals surface area contributed by atoms with E-state index in [4.69, 9.17) is 4.99 Å². The van der Waals surface area contributed by atoms with Gasteiger partial charge in [-0.15, -0.1) is 0 Å². The first-order valence-corrected chi connectivity index (χ1v) is 16.7. The third kappa shape index (κ3) is 8.05. The Hall–Kier alpha value is -2.56. The Kier molecular flexibility index (Phi) is 10.4. The molecule has 0 atom stereocenters. The zero-order valence-corrected chi connectivity index (χ0v) is 25.9. The Morgan fingerprint density at radius 1 is 1.10 bits per heavy atom. The number of aliphatic imine (C=N–C) groups is 1. The average molecular weight is 586 g/mol. The van der Waals surface area contributed by atoms with Crippen molar-refractivity contribution in [2.45, 2.75) is 96.7 Å². The highest BCUT2D eigenvalue weighted by Gasteiger charge is 2.48. The zero-order chi connectivity index (χ0) is 29.6. The summed E-state index contributed by atoms with van der Waals surface area (Å²) < 4.78 is 27.5. The maximum atomic E-state index is 13.0. The summed E-state index contributed by atoms with van der Waals surface area (Å²) in [5, 5.41) is 7.25. The minimum absolute atomic E-state index is 0.0302. The quantitative estimate of drug-likeness (QED) is 0.411. The van der Waals surface area contributed by atoms with Crippen LogP contribution in [0.25, 0.3) is 6.08 Å². The molecule has 2 N–H and O–H groups in total. The van der Waals surface area contributed by atoms with Crippen LogP contribution in [0.5, 0.6) is 0 Å². The first kappa shape index (κ1) is 31.4. The molecule has 1 aromatic carbocycles. The van der Waals surface area contributed by atoms with Gasteiger partial charge < -0.3 is 10.6 Å². The second-order valence-electron chi connectivity index (χ2n) is 12.3. The molecule has 2 aliphatic heterocycles. The number of rotatable bonds is 11. The molecule has 1 saturated heterocycles. The molecule has 1 spiro atoms. The first-order chi connectivity index (χ1) is 19.5. The molecule has 1 aliphatic carbocycles.